The van der Waals surface area contributed by atoms with Crippen LogP contribution in [0.1, 0.15) is 38.3 Å². The van der Waals surface area contributed by atoms with Gasteiger partial charge in [0, 0.05) is 0 Å². The molecule has 3 heteroatoms. The second kappa shape index (κ2) is 5.71. The molecule has 0 amide bonds. The van der Waals surface area contributed by atoms with Gasteiger partial charge in [-0.1, -0.05) is 33.3 Å². The van der Waals surface area contributed by atoms with Gasteiger partial charge in [-0.05, 0) is 36.0 Å². The van der Waals surface area contributed by atoms with Gasteiger partial charge in [0.1, 0.15) is 11.6 Å². The van der Waals surface area contributed by atoms with Crippen molar-refractivity contribution in [1.82, 2.24) is 0 Å². The number of amidine groups is 1. The smallest absolute Gasteiger partial charge is 0.126 e. The van der Waals surface area contributed by atoms with E-state index in [9.17, 15) is 5.11 Å². The van der Waals surface area contributed by atoms with E-state index in [0.29, 0.717) is 17.4 Å². The summed E-state index contributed by atoms with van der Waals surface area (Å²) >= 11 is 0. The molecule has 0 aliphatic carbocycles. The van der Waals surface area contributed by atoms with E-state index in [1.807, 2.05) is 12.1 Å². The highest BCUT2D eigenvalue weighted by Gasteiger charge is 2.13. The van der Waals surface area contributed by atoms with Crippen LogP contribution >= 0.6 is 0 Å². The van der Waals surface area contributed by atoms with Crippen LogP contribution in [0.15, 0.2) is 18.2 Å². The van der Waals surface area contributed by atoms with E-state index in [-0.39, 0.29) is 11.6 Å². The summed E-state index contributed by atoms with van der Waals surface area (Å²) in [5.74, 6) is 1.26. The number of rotatable bonds is 5. The second-order valence-corrected chi connectivity index (χ2v) is 4.88. The predicted molar refractivity (Wildman–Crippen MR) is 71.4 cm³/mol. The van der Waals surface area contributed by atoms with Crippen molar-refractivity contribution in [3.05, 3.63) is 29.3 Å². The fraction of sp³-hybridized carbons (Fsp3) is 0.500. The van der Waals surface area contributed by atoms with Gasteiger partial charge < -0.3 is 10.8 Å². The zero-order valence-electron chi connectivity index (χ0n) is 10.8. The van der Waals surface area contributed by atoms with Gasteiger partial charge in [-0.3, -0.25) is 5.41 Å². The van der Waals surface area contributed by atoms with Crippen LogP contribution in [0.2, 0.25) is 0 Å². The highest BCUT2D eigenvalue weighted by molar-refractivity contribution is 5.97. The van der Waals surface area contributed by atoms with Gasteiger partial charge in [0.15, 0.2) is 0 Å². The topological polar surface area (TPSA) is 70.1 Å². The molecule has 0 radical (unpaired) electrons. The number of hydrogen-bond acceptors (Lipinski definition) is 2. The van der Waals surface area contributed by atoms with Crippen LogP contribution in [-0.2, 0) is 6.42 Å². The Bertz CT molecular complexity index is 399. The van der Waals surface area contributed by atoms with Gasteiger partial charge in [0.05, 0.1) is 5.56 Å². The molecule has 0 fully saturated rings. The summed E-state index contributed by atoms with van der Waals surface area (Å²) in [5.41, 5.74) is 6.99. The summed E-state index contributed by atoms with van der Waals surface area (Å²) in [5, 5.41) is 17.0. The molecule has 0 bridgehead atoms. The van der Waals surface area contributed by atoms with Crippen LogP contribution in [-0.4, -0.2) is 10.9 Å². The average molecular weight is 234 g/mol. The number of phenols is 1. The summed E-state index contributed by atoms with van der Waals surface area (Å²) in [6.07, 6.45) is 2.10. The number of benzene rings is 1. The maximum Gasteiger partial charge on any atom is 0.126 e. The average Bonchev–Trinajstić information content (AvgIpc) is 2.27. The molecular formula is C14H22N2O. The third-order valence-corrected chi connectivity index (χ3v) is 3.32. The molecule has 1 aromatic rings. The van der Waals surface area contributed by atoms with E-state index in [1.54, 1.807) is 6.07 Å². The van der Waals surface area contributed by atoms with Crippen molar-refractivity contribution in [2.45, 2.75) is 33.6 Å². The van der Waals surface area contributed by atoms with Crippen LogP contribution in [0, 0.1) is 17.2 Å². The maximum atomic E-state index is 9.59. The summed E-state index contributed by atoms with van der Waals surface area (Å²) in [4.78, 5) is 0. The molecule has 4 N–H and O–H groups in total. The Morgan fingerprint density at radius 1 is 1.41 bits per heavy atom. The minimum atomic E-state index is -0.0815. The molecule has 1 aromatic carbocycles. The van der Waals surface area contributed by atoms with Crippen molar-refractivity contribution in [2.24, 2.45) is 17.6 Å². The van der Waals surface area contributed by atoms with Gasteiger partial charge >= 0.3 is 0 Å². The Hall–Kier alpha value is -1.51. The third kappa shape index (κ3) is 3.48. The Balaban J connectivity index is 2.92. The molecule has 1 atom stereocenters. The fourth-order valence-corrected chi connectivity index (χ4v) is 2.08. The zero-order valence-corrected chi connectivity index (χ0v) is 10.8. The lowest BCUT2D eigenvalue weighted by Gasteiger charge is -2.19. The minimum Gasteiger partial charge on any atom is -0.507 e. The van der Waals surface area contributed by atoms with Crippen molar-refractivity contribution in [1.29, 1.82) is 5.41 Å². The zero-order chi connectivity index (χ0) is 13.0. The third-order valence-electron chi connectivity index (χ3n) is 3.32. The summed E-state index contributed by atoms with van der Waals surface area (Å²) < 4.78 is 0. The van der Waals surface area contributed by atoms with Gasteiger partial charge in [0.25, 0.3) is 0 Å². The number of nitrogens with one attached hydrogen (secondary N) is 1. The lowest BCUT2D eigenvalue weighted by Crippen LogP contribution is -2.14. The predicted octanol–water partition coefficient (Wildman–Crippen LogP) is 2.90. The summed E-state index contributed by atoms with van der Waals surface area (Å²) in [6.45, 7) is 6.64. The fourth-order valence-electron chi connectivity index (χ4n) is 2.08. The Morgan fingerprint density at radius 2 is 2.06 bits per heavy atom. The molecule has 17 heavy (non-hydrogen) atoms. The number of phenolic OH excluding ortho intramolecular Hbond substituents is 1. The Labute approximate surface area is 103 Å². The van der Waals surface area contributed by atoms with Crippen LogP contribution in [0.25, 0.3) is 0 Å². The Kier molecular flexibility index (Phi) is 4.55. The molecule has 0 aliphatic rings. The molecule has 94 valence electrons. The molecule has 3 nitrogen and oxygen atoms in total. The van der Waals surface area contributed by atoms with Crippen molar-refractivity contribution in [2.75, 3.05) is 0 Å². The first-order valence-corrected chi connectivity index (χ1v) is 6.12. The van der Waals surface area contributed by atoms with Crippen molar-refractivity contribution >= 4 is 5.84 Å². The number of hydrogen-bond donors (Lipinski definition) is 3. The molecule has 1 rings (SSSR count). The molecule has 1 unspecified atom stereocenters. The SMILES string of the molecule is CCC(Cc1ccc(O)c(C(=N)N)c1)C(C)C. The van der Waals surface area contributed by atoms with Gasteiger partial charge in [0.2, 0.25) is 0 Å². The number of nitrogen functional groups attached to an aromatic ring is 1. The molecule has 0 aromatic heterocycles. The van der Waals surface area contributed by atoms with E-state index in [0.717, 1.165) is 18.4 Å². The minimum absolute atomic E-state index is 0.0815. The Morgan fingerprint density at radius 3 is 2.53 bits per heavy atom. The largest absolute Gasteiger partial charge is 0.507 e. The molecule has 0 saturated carbocycles. The first-order chi connectivity index (χ1) is 7.95. The number of aromatic hydroxyl groups is 1. The van der Waals surface area contributed by atoms with Gasteiger partial charge in [-0.2, -0.15) is 0 Å². The van der Waals surface area contributed by atoms with Crippen molar-refractivity contribution in [3.63, 3.8) is 0 Å². The molecule has 0 spiro atoms. The van der Waals surface area contributed by atoms with E-state index in [4.69, 9.17) is 11.1 Å². The molecule has 0 heterocycles. The van der Waals surface area contributed by atoms with Crippen molar-refractivity contribution in [3.8, 4) is 5.75 Å². The van der Waals surface area contributed by atoms with Crippen LogP contribution in [0.4, 0.5) is 0 Å². The van der Waals surface area contributed by atoms with E-state index < -0.39 is 0 Å². The van der Waals surface area contributed by atoms with E-state index in [1.165, 1.54) is 0 Å². The lowest BCUT2D eigenvalue weighted by atomic mass is 9.87. The number of nitrogens with two attached hydrogens (primary N) is 1. The van der Waals surface area contributed by atoms with Crippen molar-refractivity contribution < 1.29 is 5.11 Å². The highest BCUT2D eigenvalue weighted by atomic mass is 16.3. The van der Waals surface area contributed by atoms with Gasteiger partial charge in [-0.25, -0.2) is 0 Å². The van der Waals surface area contributed by atoms with Gasteiger partial charge in [-0.15, -0.1) is 0 Å². The van der Waals surface area contributed by atoms with Crippen LogP contribution in [0.5, 0.6) is 5.75 Å². The molecule has 0 saturated heterocycles. The maximum absolute atomic E-state index is 9.59. The van der Waals surface area contributed by atoms with Crippen LogP contribution in [0.3, 0.4) is 0 Å². The highest BCUT2D eigenvalue weighted by Crippen LogP contribution is 2.24. The summed E-state index contributed by atoms with van der Waals surface area (Å²) in [6, 6.07) is 5.36. The first kappa shape index (κ1) is 13.6. The monoisotopic (exact) mass is 234 g/mol. The first-order valence-electron chi connectivity index (χ1n) is 6.12. The lowest BCUT2D eigenvalue weighted by molar-refractivity contribution is 0.370. The normalized spacial score (nSPS) is 12.7. The molecular weight excluding hydrogens is 212 g/mol. The van der Waals surface area contributed by atoms with E-state index >= 15 is 0 Å². The summed E-state index contributed by atoms with van der Waals surface area (Å²) in [7, 11) is 0. The standard InChI is InChI=1S/C14H22N2O/c1-4-11(9(2)3)7-10-5-6-13(17)12(8-10)14(15)16/h5-6,8-9,11,17H,4,7H2,1-3H3,(H3,15,16). The second-order valence-electron chi connectivity index (χ2n) is 4.88. The quantitative estimate of drug-likeness (QED) is 0.541. The molecule has 0 aliphatic heterocycles. The van der Waals surface area contributed by atoms with E-state index in [2.05, 4.69) is 20.8 Å². The van der Waals surface area contributed by atoms with Crippen LogP contribution < -0.4 is 5.73 Å².